The smallest absolute Gasteiger partial charge is 0.317 e. The monoisotopic (exact) mass is 357 g/mol. The predicted octanol–water partition coefficient (Wildman–Crippen LogP) is 3.42. The molecule has 1 unspecified atom stereocenters. The number of hydrogen-bond donors (Lipinski definition) is 1. The predicted molar refractivity (Wildman–Crippen MR) is 107 cm³/mol. The lowest BCUT2D eigenvalue weighted by Crippen LogP contribution is -2.50. The minimum atomic E-state index is 0.0577. The minimum Gasteiger partial charge on any atom is -0.334 e. The summed E-state index contributed by atoms with van der Waals surface area (Å²) in [5.74, 6) is 2.15. The van der Waals surface area contributed by atoms with E-state index in [4.69, 9.17) is 0 Å². The molecule has 1 fully saturated rings. The molecule has 0 aromatic heterocycles. The van der Waals surface area contributed by atoms with E-state index >= 15 is 0 Å². The number of likely N-dealkylation sites (N-methyl/N-ethyl adjacent to an activating group) is 1. The molecule has 1 heterocycles. The molecule has 1 N–H and O–H groups in total. The summed E-state index contributed by atoms with van der Waals surface area (Å²) in [5, 5.41) is 5.57. The van der Waals surface area contributed by atoms with Crippen molar-refractivity contribution in [3.63, 3.8) is 0 Å². The largest absolute Gasteiger partial charge is 0.334 e. The molecule has 25 heavy (non-hydrogen) atoms. The highest BCUT2D eigenvalue weighted by Crippen LogP contribution is 2.19. The Bertz CT molecular complexity index is 714. The number of urea groups is 1. The van der Waals surface area contributed by atoms with Crippen LogP contribution < -0.4 is 5.32 Å². The lowest BCUT2D eigenvalue weighted by atomic mass is 10.0. The average Bonchev–Trinajstić information content (AvgIpc) is 2.84. The normalized spacial score (nSPS) is 18.4. The Morgan fingerprint density at radius 1 is 1.24 bits per heavy atom. The second-order valence-corrected chi connectivity index (χ2v) is 7.98. The van der Waals surface area contributed by atoms with Crippen LogP contribution in [0.15, 0.2) is 42.5 Å². The van der Waals surface area contributed by atoms with Crippen LogP contribution in [0.3, 0.4) is 0 Å². The van der Waals surface area contributed by atoms with E-state index in [-0.39, 0.29) is 12.1 Å². The van der Waals surface area contributed by atoms with Crippen LogP contribution in [0.2, 0.25) is 0 Å². The fraction of sp³-hybridized carbons (Fsp3) is 0.450. The molecule has 3 rings (SSSR count). The Kier molecular flexibility index (Phi) is 6.21. The lowest BCUT2D eigenvalue weighted by Gasteiger charge is -2.31. The molecule has 1 atom stereocenters. The maximum atomic E-state index is 12.8. The Hall–Kier alpha value is -1.72. The summed E-state index contributed by atoms with van der Waals surface area (Å²) in [5.41, 5.74) is 1.17. The van der Waals surface area contributed by atoms with Gasteiger partial charge in [-0.15, -0.1) is 0 Å². The van der Waals surface area contributed by atoms with E-state index in [1.165, 1.54) is 16.3 Å². The van der Waals surface area contributed by atoms with Crippen LogP contribution in [0.25, 0.3) is 10.8 Å². The molecular formula is C20H27N3OS. The third kappa shape index (κ3) is 4.67. The number of amides is 2. The number of nitrogens with one attached hydrogen (secondary N) is 1. The van der Waals surface area contributed by atoms with Gasteiger partial charge in [-0.2, -0.15) is 11.8 Å². The van der Waals surface area contributed by atoms with E-state index < -0.39 is 0 Å². The van der Waals surface area contributed by atoms with E-state index in [0.717, 1.165) is 31.0 Å². The van der Waals surface area contributed by atoms with E-state index in [1.807, 2.05) is 28.8 Å². The molecule has 5 heteroatoms. The number of carbonyl (C=O) groups excluding carboxylic acids is 1. The third-order valence-corrected chi connectivity index (χ3v) is 5.78. The highest BCUT2D eigenvalue weighted by atomic mass is 32.2. The van der Waals surface area contributed by atoms with Crippen molar-refractivity contribution in [3.8, 4) is 0 Å². The van der Waals surface area contributed by atoms with Crippen molar-refractivity contribution in [1.29, 1.82) is 0 Å². The number of rotatable bonds is 4. The van der Waals surface area contributed by atoms with Crippen LogP contribution in [0.5, 0.6) is 0 Å². The van der Waals surface area contributed by atoms with Gasteiger partial charge in [0, 0.05) is 25.4 Å². The van der Waals surface area contributed by atoms with Gasteiger partial charge < -0.3 is 15.1 Å². The first-order valence-corrected chi connectivity index (χ1v) is 10.0. The molecule has 4 nitrogen and oxygen atoms in total. The number of benzene rings is 2. The molecule has 0 saturated carbocycles. The zero-order chi connectivity index (χ0) is 17.6. The number of nitrogens with zero attached hydrogens (tertiary/aromatic N) is 2. The molecule has 1 aliphatic heterocycles. The van der Waals surface area contributed by atoms with Gasteiger partial charge in [0.25, 0.3) is 0 Å². The Morgan fingerprint density at radius 3 is 2.88 bits per heavy atom. The standard InChI is InChI=1S/C20H27N3OS/c1-22(2)14-18-15-25-12-6-11-23(18)20(24)21-13-17-9-5-8-16-7-3-4-10-19(16)17/h3-5,7-10,18H,6,11-15H2,1-2H3,(H,21,24). The number of carbonyl (C=O) groups is 1. The molecule has 2 aromatic carbocycles. The summed E-state index contributed by atoms with van der Waals surface area (Å²) in [7, 11) is 4.14. The summed E-state index contributed by atoms with van der Waals surface area (Å²) in [6.07, 6.45) is 1.07. The van der Waals surface area contributed by atoms with Crippen molar-refractivity contribution in [2.45, 2.75) is 19.0 Å². The zero-order valence-electron chi connectivity index (χ0n) is 15.1. The second-order valence-electron chi connectivity index (χ2n) is 6.83. The van der Waals surface area contributed by atoms with Crippen molar-refractivity contribution in [2.24, 2.45) is 0 Å². The fourth-order valence-electron chi connectivity index (χ4n) is 3.39. The fourth-order valence-corrected chi connectivity index (χ4v) is 4.45. The van der Waals surface area contributed by atoms with Crippen LogP contribution in [0.4, 0.5) is 4.79 Å². The van der Waals surface area contributed by atoms with Gasteiger partial charge >= 0.3 is 6.03 Å². The van der Waals surface area contributed by atoms with Crippen molar-refractivity contribution < 1.29 is 4.79 Å². The highest BCUT2D eigenvalue weighted by Gasteiger charge is 2.26. The van der Waals surface area contributed by atoms with Crippen molar-refractivity contribution in [2.75, 3.05) is 38.7 Å². The third-order valence-electron chi connectivity index (χ3n) is 4.59. The maximum absolute atomic E-state index is 12.8. The molecule has 1 saturated heterocycles. The summed E-state index contributed by atoms with van der Waals surface area (Å²) >= 11 is 1.95. The van der Waals surface area contributed by atoms with Crippen LogP contribution in [-0.4, -0.2) is 60.6 Å². The van der Waals surface area contributed by atoms with Gasteiger partial charge in [-0.1, -0.05) is 42.5 Å². The summed E-state index contributed by atoms with van der Waals surface area (Å²) in [6, 6.07) is 14.9. The molecule has 0 bridgehead atoms. The molecule has 0 aliphatic carbocycles. The first-order valence-electron chi connectivity index (χ1n) is 8.89. The quantitative estimate of drug-likeness (QED) is 0.911. The topological polar surface area (TPSA) is 35.6 Å². The summed E-state index contributed by atoms with van der Waals surface area (Å²) in [6.45, 7) is 2.32. The Balaban J connectivity index is 1.69. The SMILES string of the molecule is CN(C)CC1CSCCCN1C(=O)NCc1cccc2ccccc12. The first-order chi connectivity index (χ1) is 12.1. The number of thioether (sulfide) groups is 1. The van der Waals surface area contributed by atoms with Gasteiger partial charge in [0.2, 0.25) is 0 Å². The van der Waals surface area contributed by atoms with Crippen LogP contribution in [0.1, 0.15) is 12.0 Å². The van der Waals surface area contributed by atoms with E-state index in [0.29, 0.717) is 6.54 Å². The zero-order valence-corrected chi connectivity index (χ0v) is 15.9. The van der Waals surface area contributed by atoms with E-state index in [2.05, 4.69) is 54.6 Å². The molecular weight excluding hydrogens is 330 g/mol. The van der Waals surface area contributed by atoms with Gasteiger partial charge in [0.15, 0.2) is 0 Å². The lowest BCUT2D eigenvalue weighted by molar-refractivity contribution is 0.168. The van der Waals surface area contributed by atoms with Crippen molar-refractivity contribution in [3.05, 3.63) is 48.0 Å². The second kappa shape index (κ2) is 8.59. The summed E-state index contributed by atoms with van der Waals surface area (Å²) < 4.78 is 0. The van der Waals surface area contributed by atoms with Gasteiger partial charge in [-0.05, 0) is 42.6 Å². The Labute approximate surface area is 154 Å². The molecule has 134 valence electrons. The molecule has 1 aliphatic rings. The highest BCUT2D eigenvalue weighted by molar-refractivity contribution is 7.99. The first kappa shape index (κ1) is 18.1. The Morgan fingerprint density at radius 2 is 2.04 bits per heavy atom. The average molecular weight is 358 g/mol. The van der Waals surface area contributed by atoms with Crippen LogP contribution >= 0.6 is 11.8 Å². The van der Waals surface area contributed by atoms with Crippen molar-refractivity contribution >= 4 is 28.6 Å². The van der Waals surface area contributed by atoms with Gasteiger partial charge in [0.05, 0.1) is 6.04 Å². The van der Waals surface area contributed by atoms with Gasteiger partial charge in [-0.25, -0.2) is 4.79 Å². The molecule has 0 spiro atoms. The van der Waals surface area contributed by atoms with Gasteiger partial charge in [-0.3, -0.25) is 0 Å². The molecule has 2 aromatic rings. The summed E-state index contributed by atoms with van der Waals surface area (Å²) in [4.78, 5) is 17.0. The van der Waals surface area contributed by atoms with Gasteiger partial charge in [0.1, 0.15) is 0 Å². The molecule has 2 amide bonds. The van der Waals surface area contributed by atoms with Crippen molar-refractivity contribution in [1.82, 2.24) is 15.1 Å². The number of fused-ring (bicyclic) bond motifs is 1. The molecule has 0 radical (unpaired) electrons. The van der Waals surface area contributed by atoms with Crippen LogP contribution in [-0.2, 0) is 6.54 Å². The van der Waals surface area contributed by atoms with Crippen LogP contribution in [0, 0.1) is 0 Å². The number of hydrogen-bond acceptors (Lipinski definition) is 3. The van der Waals surface area contributed by atoms with E-state index in [1.54, 1.807) is 0 Å². The minimum absolute atomic E-state index is 0.0577. The maximum Gasteiger partial charge on any atom is 0.317 e. The van der Waals surface area contributed by atoms with E-state index in [9.17, 15) is 4.79 Å².